The van der Waals surface area contributed by atoms with Crippen LogP contribution >= 0.6 is 0 Å². The quantitative estimate of drug-likeness (QED) is 0.913. The fraction of sp³-hybridized carbons (Fsp3) is 0.267. The van der Waals surface area contributed by atoms with Crippen molar-refractivity contribution in [2.24, 2.45) is 0 Å². The monoisotopic (exact) mass is 262 g/mol. The maximum atomic E-state index is 13.3. The second kappa shape index (κ2) is 5.89. The van der Waals surface area contributed by atoms with Crippen molar-refractivity contribution in [3.63, 3.8) is 0 Å². The van der Waals surface area contributed by atoms with E-state index in [1.54, 1.807) is 13.2 Å². The molecule has 1 aromatic carbocycles. The molecule has 0 spiro atoms. The van der Waals surface area contributed by atoms with Crippen molar-refractivity contribution in [2.45, 2.75) is 18.9 Å². The molecule has 100 valence electrons. The molecule has 0 aliphatic carbocycles. The first-order chi connectivity index (χ1) is 9.11. The summed E-state index contributed by atoms with van der Waals surface area (Å²) in [5.41, 5.74) is 1.46. The SMILES string of the molecule is CNC(c1cc(F)cc(F)c1)C(C)c1ccccn1. The van der Waals surface area contributed by atoms with E-state index >= 15 is 0 Å². The molecule has 2 aromatic rings. The van der Waals surface area contributed by atoms with Crippen molar-refractivity contribution < 1.29 is 8.78 Å². The van der Waals surface area contributed by atoms with Gasteiger partial charge in [0.05, 0.1) is 0 Å². The van der Waals surface area contributed by atoms with E-state index in [0.29, 0.717) is 5.56 Å². The van der Waals surface area contributed by atoms with E-state index in [-0.39, 0.29) is 12.0 Å². The second-order valence-corrected chi connectivity index (χ2v) is 4.51. The lowest BCUT2D eigenvalue weighted by atomic mass is 9.91. The summed E-state index contributed by atoms with van der Waals surface area (Å²) in [7, 11) is 1.77. The highest BCUT2D eigenvalue weighted by Gasteiger charge is 2.21. The Hall–Kier alpha value is -1.81. The number of hydrogen-bond acceptors (Lipinski definition) is 2. The van der Waals surface area contributed by atoms with Crippen molar-refractivity contribution in [1.29, 1.82) is 0 Å². The molecule has 2 rings (SSSR count). The molecule has 1 N–H and O–H groups in total. The third kappa shape index (κ3) is 3.15. The molecule has 2 nitrogen and oxygen atoms in total. The van der Waals surface area contributed by atoms with Crippen LogP contribution in [0.15, 0.2) is 42.6 Å². The number of aromatic nitrogens is 1. The van der Waals surface area contributed by atoms with Crippen molar-refractivity contribution in [2.75, 3.05) is 7.05 Å². The van der Waals surface area contributed by atoms with E-state index in [2.05, 4.69) is 10.3 Å². The molecule has 1 aromatic heterocycles. The van der Waals surface area contributed by atoms with Gasteiger partial charge in [-0.2, -0.15) is 0 Å². The van der Waals surface area contributed by atoms with Crippen molar-refractivity contribution in [3.05, 3.63) is 65.5 Å². The van der Waals surface area contributed by atoms with Gasteiger partial charge >= 0.3 is 0 Å². The number of nitrogens with one attached hydrogen (secondary N) is 1. The third-order valence-corrected chi connectivity index (χ3v) is 3.21. The molecule has 2 atom stereocenters. The summed E-state index contributed by atoms with van der Waals surface area (Å²) in [5.74, 6) is -1.13. The highest BCUT2D eigenvalue weighted by molar-refractivity contribution is 5.25. The van der Waals surface area contributed by atoms with Gasteiger partial charge in [-0.15, -0.1) is 0 Å². The van der Waals surface area contributed by atoms with Gasteiger partial charge in [0.25, 0.3) is 0 Å². The number of nitrogens with zero attached hydrogens (tertiary/aromatic N) is 1. The summed E-state index contributed by atoms with van der Waals surface area (Å²) in [4.78, 5) is 4.29. The Morgan fingerprint density at radius 3 is 2.32 bits per heavy atom. The average Bonchev–Trinajstić information content (AvgIpc) is 2.39. The number of benzene rings is 1. The van der Waals surface area contributed by atoms with Crippen molar-refractivity contribution >= 4 is 0 Å². The lowest BCUT2D eigenvalue weighted by molar-refractivity contribution is 0.489. The van der Waals surface area contributed by atoms with Gasteiger partial charge < -0.3 is 5.32 Å². The van der Waals surface area contributed by atoms with Crippen LogP contribution < -0.4 is 5.32 Å². The molecule has 1 heterocycles. The molecule has 2 unspecified atom stereocenters. The van der Waals surface area contributed by atoms with Gasteiger partial charge in [0.15, 0.2) is 0 Å². The molecular formula is C15H16F2N2. The van der Waals surface area contributed by atoms with Crippen molar-refractivity contribution in [1.82, 2.24) is 10.3 Å². The normalized spacial score (nSPS) is 14.1. The Labute approximate surface area is 111 Å². The van der Waals surface area contributed by atoms with Crippen molar-refractivity contribution in [3.8, 4) is 0 Å². The lowest BCUT2D eigenvalue weighted by Gasteiger charge is -2.23. The summed E-state index contributed by atoms with van der Waals surface area (Å²) in [6.07, 6.45) is 1.71. The summed E-state index contributed by atoms with van der Waals surface area (Å²) >= 11 is 0. The Kier molecular flexibility index (Phi) is 4.22. The van der Waals surface area contributed by atoms with Crippen LogP contribution in [-0.4, -0.2) is 12.0 Å². The van der Waals surface area contributed by atoms with Gasteiger partial charge in [-0.3, -0.25) is 4.98 Å². The fourth-order valence-electron chi connectivity index (χ4n) is 2.28. The molecule has 0 bridgehead atoms. The van der Waals surface area contributed by atoms with E-state index in [1.807, 2.05) is 25.1 Å². The fourth-order valence-corrected chi connectivity index (χ4v) is 2.28. The molecular weight excluding hydrogens is 246 g/mol. The Morgan fingerprint density at radius 1 is 1.11 bits per heavy atom. The molecule has 19 heavy (non-hydrogen) atoms. The molecule has 0 aliphatic rings. The third-order valence-electron chi connectivity index (χ3n) is 3.21. The van der Waals surface area contributed by atoms with Crippen LogP contribution in [0.2, 0.25) is 0 Å². The standard InChI is InChI=1S/C15H16F2N2/c1-10(14-5-3-4-6-19-14)15(18-2)11-7-12(16)9-13(17)8-11/h3-10,15,18H,1-2H3. The molecule has 0 aliphatic heterocycles. The van der Waals surface area contributed by atoms with Crippen LogP contribution in [0.1, 0.15) is 30.1 Å². The number of pyridine rings is 1. The number of rotatable bonds is 4. The van der Waals surface area contributed by atoms with E-state index in [0.717, 1.165) is 11.8 Å². The zero-order chi connectivity index (χ0) is 13.8. The van der Waals surface area contributed by atoms with E-state index in [4.69, 9.17) is 0 Å². The topological polar surface area (TPSA) is 24.9 Å². The van der Waals surface area contributed by atoms with Crippen LogP contribution in [0.5, 0.6) is 0 Å². The van der Waals surface area contributed by atoms with Gasteiger partial charge in [-0.1, -0.05) is 13.0 Å². The van der Waals surface area contributed by atoms with E-state index < -0.39 is 11.6 Å². The minimum atomic E-state index is -0.566. The molecule has 0 saturated carbocycles. The molecule has 0 saturated heterocycles. The van der Waals surface area contributed by atoms with Crippen LogP contribution in [0.4, 0.5) is 8.78 Å². The first kappa shape index (κ1) is 13.6. The molecule has 0 amide bonds. The minimum absolute atomic E-state index is 0.00685. The average molecular weight is 262 g/mol. The minimum Gasteiger partial charge on any atom is -0.312 e. The Balaban J connectivity index is 2.34. The molecule has 4 heteroatoms. The molecule has 0 radical (unpaired) electrons. The maximum Gasteiger partial charge on any atom is 0.126 e. The second-order valence-electron chi connectivity index (χ2n) is 4.51. The van der Waals surface area contributed by atoms with Crippen LogP contribution in [0.3, 0.4) is 0 Å². The first-order valence-corrected chi connectivity index (χ1v) is 6.16. The predicted molar refractivity (Wildman–Crippen MR) is 70.8 cm³/mol. The zero-order valence-electron chi connectivity index (χ0n) is 10.9. The molecule has 0 fully saturated rings. The van der Waals surface area contributed by atoms with Gasteiger partial charge in [-0.05, 0) is 36.9 Å². The first-order valence-electron chi connectivity index (χ1n) is 6.16. The summed E-state index contributed by atoms with van der Waals surface area (Å²) in [5, 5.41) is 3.10. The van der Waals surface area contributed by atoms with E-state index in [9.17, 15) is 8.78 Å². The van der Waals surface area contributed by atoms with Gasteiger partial charge in [0.1, 0.15) is 11.6 Å². The number of likely N-dealkylation sites (N-methyl/N-ethyl adjacent to an activating group) is 1. The van der Waals surface area contributed by atoms with E-state index in [1.165, 1.54) is 12.1 Å². The predicted octanol–water partition coefficient (Wildman–Crippen LogP) is 3.42. The maximum absolute atomic E-state index is 13.3. The van der Waals surface area contributed by atoms with Crippen LogP contribution in [0, 0.1) is 11.6 Å². The van der Waals surface area contributed by atoms with Crippen LogP contribution in [0.25, 0.3) is 0 Å². The van der Waals surface area contributed by atoms with Gasteiger partial charge in [-0.25, -0.2) is 8.78 Å². The highest BCUT2D eigenvalue weighted by Crippen LogP contribution is 2.29. The van der Waals surface area contributed by atoms with Gasteiger partial charge in [0.2, 0.25) is 0 Å². The summed E-state index contributed by atoms with van der Waals surface area (Å²) in [6.45, 7) is 1.98. The zero-order valence-corrected chi connectivity index (χ0v) is 10.9. The summed E-state index contributed by atoms with van der Waals surface area (Å²) in [6, 6.07) is 9.03. The summed E-state index contributed by atoms with van der Waals surface area (Å²) < 4.78 is 26.6. The smallest absolute Gasteiger partial charge is 0.126 e. The number of halogens is 2. The Morgan fingerprint density at radius 2 is 1.79 bits per heavy atom. The Bertz CT molecular complexity index is 523. The number of hydrogen-bond donors (Lipinski definition) is 1. The highest BCUT2D eigenvalue weighted by atomic mass is 19.1. The van der Waals surface area contributed by atoms with Crippen LogP contribution in [-0.2, 0) is 0 Å². The largest absolute Gasteiger partial charge is 0.312 e. The van der Waals surface area contributed by atoms with Gasteiger partial charge in [0, 0.05) is 29.9 Å². The lowest BCUT2D eigenvalue weighted by Crippen LogP contribution is -2.23.